The highest BCUT2D eigenvalue weighted by atomic mass is 16.1. The maximum atomic E-state index is 12.6. The molecule has 2 aliphatic heterocycles. The number of carbonyl (C=O) groups is 1. The number of pyridine rings is 1. The van der Waals surface area contributed by atoms with E-state index in [1.54, 1.807) is 0 Å². The van der Waals surface area contributed by atoms with Crippen molar-refractivity contribution in [3.05, 3.63) is 51.3 Å². The smallest absolute Gasteiger partial charge is 0.259 e. The minimum absolute atomic E-state index is 0.163. The van der Waals surface area contributed by atoms with Gasteiger partial charge in [-0.2, -0.15) is 0 Å². The zero-order valence-corrected chi connectivity index (χ0v) is 17.9. The first kappa shape index (κ1) is 19.9. The van der Waals surface area contributed by atoms with Crippen molar-refractivity contribution in [1.29, 1.82) is 0 Å². The van der Waals surface area contributed by atoms with Crippen LogP contribution in [0.5, 0.6) is 0 Å². The van der Waals surface area contributed by atoms with E-state index in [0.717, 1.165) is 47.8 Å². The normalized spacial score (nSPS) is 21.6. The number of fused-ring (bicyclic) bond motifs is 1. The lowest BCUT2D eigenvalue weighted by Gasteiger charge is -2.23. The van der Waals surface area contributed by atoms with E-state index in [-0.39, 0.29) is 11.3 Å². The summed E-state index contributed by atoms with van der Waals surface area (Å²) in [5.74, 6) is 0.609. The Hall–Kier alpha value is -2.40. The SMILES string of the molecule is CCc1c(-c2ccc(N3CC4CCN(C)C4C3)cc2)[nH]c(=O)c(C(C)=O)c1CC. The molecule has 5 heteroatoms. The van der Waals surface area contributed by atoms with Crippen LogP contribution in [-0.2, 0) is 12.8 Å². The molecule has 0 spiro atoms. The number of hydrogen-bond donors (Lipinski definition) is 1. The van der Waals surface area contributed by atoms with Gasteiger partial charge in [0, 0.05) is 24.8 Å². The highest BCUT2D eigenvalue weighted by Gasteiger charge is 2.39. The molecule has 1 aromatic heterocycles. The molecule has 154 valence electrons. The maximum Gasteiger partial charge on any atom is 0.259 e. The number of rotatable bonds is 5. The quantitative estimate of drug-likeness (QED) is 0.790. The van der Waals surface area contributed by atoms with E-state index in [1.807, 2.05) is 6.92 Å². The molecule has 29 heavy (non-hydrogen) atoms. The van der Waals surface area contributed by atoms with Gasteiger partial charge in [0.1, 0.15) is 0 Å². The molecule has 4 rings (SSSR count). The van der Waals surface area contributed by atoms with E-state index in [9.17, 15) is 9.59 Å². The van der Waals surface area contributed by atoms with Crippen LogP contribution in [0.1, 0.15) is 48.7 Å². The third kappa shape index (κ3) is 3.42. The molecule has 1 aromatic carbocycles. The summed E-state index contributed by atoms with van der Waals surface area (Å²) < 4.78 is 0. The fraction of sp³-hybridized carbons (Fsp3) is 0.500. The summed E-state index contributed by atoms with van der Waals surface area (Å²) >= 11 is 0. The number of anilines is 1. The summed E-state index contributed by atoms with van der Waals surface area (Å²) in [6.45, 7) is 8.98. The van der Waals surface area contributed by atoms with Crippen molar-refractivity contribution in [1.82, 2.24) is 9.88 Å². The first-order valence-electron chi connectivity index (χ1n) is 10.8. The molecule has 2 aliphatic rings. The monoisotopic (exact) mass is 393 g/mol. The van der Waals surface area contributed by atoms with Crippen LogP contribution in [0.3, 0.4) is 0 Å². The third-order valence-corrected chi connectivity index (χ3v) is 6.84. The van der Waals surface area contributed by atoms with E-state index >= 15 is 0 Å². The lowest BCUT2D eigenvalue weighted by atomic mass is 9.92. The number of aromatic nitrogens is 1. The number of benzene rings is 1. The highest BCUT2D eigenvalue weighted by molar-refractivity contribution is 5.96. The number of aromatic amines is 1. The molecule has 5 nitrogen and oxygen atoms in total. The molecule has 2 fully saturated rings. The second-order valence-electron chi connectivity index (χ2n) is 8.47. The Bertz CT molecular complexity index is 977. The molecule has 1 N–H and O–H groups in total. The van der Waals surface area contributed by atoms with Crippen LogP contribution in [0.25, 0.3) is 11.3 Å². The van der Waals surface area contributed by atoms with Crippen LogP contribution in [0.15, 0.2) is 29.1 Å². The van der Waals surface area contributed by atoms with Crippen LogP contribution < -0.4 is 10.5 Å². The molecule has 2 saturated heterocycles. The van der Waals surface area contributed by atoms with Gasteiger partial charge in [-0.1, -0.05) is 26.0 Å². The van der Waals surface area contributed by atoms with Gasteiger partial charge in [-0.3, -0.25) is 9.59 Å². The highest BCUT2D eigenvalue weighted by Crippen LogP contribution is 2.34. The summed E-state index contributed by atoms with van der Waals surface area (Å²) in [6, 6.07) is 9.20. The number of nitrogens with one attached hydrogen (secondary N) is 1. The first-order chi connectivity index (χ1) is 13.9. The van der Waals surface area contributed by atoms with Crippen molar-refractivity contribution in [2.75, 3.05) is 31.6 Å². The minimum atomic E-state index is -0.277. The molecule has 2 unspecified atom stereocenters. The second-order valence-corrected chi connectivity index (χ2v) is 8.47. The van der Waals surface area contributed by atoms with E-state index in [1.165, 1.54) is 25.6 Å². The zero-order chi connectivity index (χ0) is 20.7. The zero-order valence-electron chi connectivity index (χ0n) is 17.9. The Kier molecular flexibility index (Phi) is 5.34. The van der Waals surface area contributed by atoms with Crippen LogP contribution in [0, 0.1) is 5.92 Å². The molecule has 3 heterocycles. The van der Waals surface area contributed by atoms with Crippen molar-refractivity contribution in [2.24, 2.45) is 5.92 Å². The van der Waals surface area contributed by atoms with Crippen molar-refractivity contribution >= 4 is 11.5 Å². The number of carbonyl (C=O) groups excluding carboxylic acids is 1. The molecule has 0 aliphatic carbocycles. The van der Waals surface area contributed by atoms with Crippen molar-refractivity contribution in [2.45, 2.75) is 46.1 Å². The summed E-state index contributed by atoms with van der Waals surface area (Å²) in [4.78, 5) is 32.6. The van der Waals surface area contributed by atoms with E-state index in [0.29, 0.717) is 18.0 Å². The van der Waals surface area contributed by atoms with Crippen LogP contribution in [0.4, 0.5) is 5.69 Å². The van der Waals surface area contributed by atoms with Gasteiger partial charge in [-0.05, 0) is 74.5 Å². The van der Waals surface area contributed by atoms with E-state index in [4.69, 9.17) is 0 Å². The summed E-state index contributed by atoms with van der Waals surface area (Å²) in [5.41, 5.74) is 5.10. The van der Waals surface area contributed by atoms with Crippen molar-refractivity contribution in [3.8, 4) is 11.3 Å². The van der Waals surface area contributed by atoms with Gasteiger partial charge in [-0.15, -0.1) is 0 Å². The molecule has 2 aromatic rings. The standard InChI is InChI=1S/C24H31N3O2/c1-5-19-20(6-2)23(25-24(29)22(19)15(3)28)16-7-9-18(10-8-16)27-13-17-11-12-26(4)21(17)14-27/h7-10,17,21H,5-6,11-14H2,1-4H3,(H,25,29). The molecule has 0 bridgehead atoms. The minimum Gasteiger partial charge on any atom is -0.370 e. The van der Waals surface area contributed by atoms with Gasteiger partial charge in [0.05, 0.1) is 11.3 Å². The van der Waals surface area contributed by atoms with Gasteiger partial charge in [-0.25, -0.2) is 0 Å². The molecule has 0 saturated carbocycles. The second kappa shape index (κ2) is 7.79. The van der Waals surface area contributed by atoms with Crippen molar-refractivity contribution < 1.29 is 4.79 Å². The Morgan fingerprint density at radius 2 is 1.79 bits per heavy atom. The first-order valence-corrected chi connectivity index (χ1v) is 10.8. The fourth-order valence-electron chi connectivity index (χ4n) is 5.31. The van der Waals surface area contributed by atoms with Gasteiger partial charge >= 0.3 is 0 Å². The topological polar surface area (TPSA) is 56.4 Å². The van der Waals surface area contributed by atoms with E-state index in [2.05, 4.69) is 53.0 Å². The molecule has 0 radical (unpaired) electrons. The van der Waals surface area contributed by atoms with Gasteiger partial charge < -0.3 is 14.8 Å². The van der Waals surface area contributed by atoms with Crippen LogP contribution >= 0.6 is 0 Å². The molecular formula is C24H31N3O2. The number of nitrogens with zero attached hydrogens (tertiary/aromatic N) is 2. The molecule has 2 atom stereocenters. The van der Waals surface area contributed by atoms with Gasteiger partial charge in [0.25, 0.3) is 5.56 Å². The molecular weight excluding hydrogens is 362 g/mol. The number of hydrogen-bond acceptors (Lipinski definition) is 4. The largest absolute Gasteiger partial charge is 0.370 e. The lowest BCUT2D eigenvalue weighted by molar-refractivity contribution is 0.101. The van der Waals surface area contributed by atoms with Gasteiger partial charge in [0.15, 0.2) is 5.78 Å². The average molecular weight is 394 g/mol. The average Bonchev–Trinajstić information content (AvgIpc) is 3.29. The predicted molar refractivity (Wildman–Crippen MR) is 118 cm³/mol. The Labute approximate surface area is 172 Å². The Balaban J connectivity index is 1.67. The number of ketones is 1. The molecule has 0 amide bonds. The van der Waals surface area contributed by atoms with Crippen LogP contribution in [0.2, 0.25) is 0 Å². The Morgan fingerprint density at radius 3 is 2.38 bits per heavy atom. The number of Topliss-reactive ketones (excluding diaryl/α,β-unsaturated/α-hetero) is 1. The van der Waals surface area contributed by atoms with Gasteiger partial charge in [0.2, 0.25) is 0 Å². The third-order valence-electron chi connectivity index (χ3n) is 6.84. The van der Waals surface area contributed by atoms with Crippen LogP contribution in [-0.4, -0.2) is 48.4 Å². The Morgan fingerprint density at radius 1 is 1.10 bits per heavy atom. The maximum absolute atomic E-state index is 12.6. The summed E-state index contributed by atoms with van der Waals surface area (Å²) in [5, 5.41) is 0. The predicted octanol–water partition coefficient (Wildman–Crippen LogP) is 3.51. The lowest BCUT2D eigenvalue weighted by Crippen LogP contribution is -2.32. The summed E-state index contributed by atoms with van der Waals surface area (Å²) in [7, 11) is 2.23. The van der Waals surface area contributed by atoms with E-state index < -0.39 is 0 Å². The number of H-pyrrole nitrogens is 1. The number of likely N-dealkylation sites (tertiary alicyclic amines) is 1. The number of likely N-dealkylation sites (N-methyl/N-ethyl adjacent to an activating group) is 1. The van der Waals surface area contributed by atoms with Crippen molar-refractivity contribution in [3.63, 3.8) is 0 Å². The summed E-state index contributed by atoms with van der Waals surface area (Å²) in [6.07, 6.45) is 2.75. The fourth-order valence-corrected chi connectivity index (χ4v) is 5.31.